The molecule has 0 bridgehead atoms. The third-order valence-corrected chi connectivity index (χ3v) is 3.81. The van der Waals surface area contributed by atoms with Crippen molar-refractivity contribution in [1.82, 2.24) is 9.78 Å². The Labute approximate surface area is 122 Å². The van der Waals surface area contributed by atoms with Crippen molar-refractivity contribution in [3.8, 4) is 0 Å². The van der Waals surface area contributed by atoms with E-state index >= 15 is 0 Å². The van der Waals surface area contributed by atoms with E-state index in [9.17, 15) is 5.11 Å². The molecule has 0 amide bonds. The van der Waals surface area contributed by atoms with Gasteiger partial charge in [-0.1, -0.05) is 29.3 Å². The van der Waals surface area contributed by atoms with Crippen LogP contribution in [0.25, 0.3) is 0 Å². The van der Waals surface area contributed by atoms with Crippen molar-refractivity contribution in [2.75, 3.05) is 0 Å². The van der Waals surface area contributed by atoms with E-state index in [0.717, 1.165) is 22.5 Å². The highest BCUT2D eigenvalue weighted by Crippen LogP contribution is 2.27. The number of aryl methyl sites for hydroxylation is 3. The lowest BCUT2D eigenvalue weighted by Gasteiger charge is -2.13. The van der Waals surface area contributed by atoms with Crippen LogP contribution in [0.2, 0.25) is 10.0 Å². The maximum Gasteiger partial charge on any atom is 0.0848 e. The molecular formula is C14H16Cl2N2O. The Bertz CT molecular complexity index is 587. The van der Waals surface area contributed by atoms with E-state index in [1.54, 1.807) is 10.7 Å². The van der Waals surface area contributed by atoms with Gasteiger partial charge in [0.25, 0.3) is 0 Å². The van der Waals surface area contributed by atoms with E-state index in [4.69, 9.17) is 23.2 Å². The summed E-state index contributed by atoms with van der Waals surface area (Å²) in [6.07, 6.45) is -0.236. The fraction of sp³-hybridized carbons (Fsp3) is 0.357. The summed E-state index contributed by atoms with van der Waals surface area (Å²) < 4.78 is 1.71. The normalized spacial score (nSPS) is 12.7. The summed E-state index contributed by atoms with van der Waals surface area (Å²) in [5, 5.41) is 15.8. The summed E-state index contributed by atoms with van der Waals surface area (Å²) in [6.45, 7) is 3.80. The molecule has 1 aromatic carbocycles. The number of halogens is 2. The molecule has 3 nitrogen and oxygen atoms in total. The largest absolute Gasteiger partial charge is 0.388 e. The number of aliphatic hydroxyl groups excluding tert-OH is 1. The van der Waals surface area contributed by atoms with Crippen molar-refractivity contribution >= 4 is 23.2 Å². The van der Waals surface area contributed by atoms with Crippen molar-refractivity contribution in [2.45, 2.75) is 26.4 Å². The van der Waals surface area contributed by atoms with Gasteiger partial charge in [-0.15, -0.1) is 0 Å². The van der Waals surface area contributed by atoms with Crippen molar-refractivity contribution in [1.29, 1.82) is 0 Å². The molecule has 19 heavy (non-hydrogen) atoms. The predicted molar refractivity (Wildman–Crippen MR) is 77.8 cm³/mol. The van der Waals surface area contributed by atoms with Crippen LogP contribution in [-0.2, 0) is 13.5 Å². The molecule has 0 saturated carbocycles. The van der Waals surface area contributed by atoms with Crippen LogP contribution >= 0.6 is 23.2 Å². The highest BCUT2D eigenvalue weighted by molar-refractivity contribution is 6.32. The van der Waals surface area contributed by atoms with Gasteiger partial charge in [0.2, 0.25) is 0 Å². The van der Waals surface area contributed by atoms with Gasteiger partial charge in [-0.3, -0.25) is 4.68 Å². The highest BCUT2D eigenvalue weighted by atomic mass is 35.5. The summed E-state index contributed by atoms with van der Waals surface area (Å²) in [5.74, 6) is 0. The molecule has 0 aliphatic carbocycles. The molecule has 0 fully saturated rings. The zero-order valence-electron chi connectivity index (χ0n) is 11.1. The Morgan fingerprint density at radius 1 is 1.26 bits per heavy atom. The van der Waals surface area contributed by atoms with E-state index in [0.29, 0.717) is 16.5 Å². The van der Waals surface area contributed by atoms with Gasteiger partial charge in [0, 0.05) is 18.5 Å². The molecule has 2 rings (SSSR count). The Morgan fingerprint density at radius 2 is 1.95 bits per heavy atom. The van der Waals surface area contributed by atoms with Crippen molar-refractivity contribution in [2.24, 2.45) is 7.05 Å². The molecular weight excluding hydrogens is 283 g/mol. The Balaban J connectivity index is 2.27. The predicted octanol–water partition coefficient (Wildman–Crippen LogP) is 3.62. The van der Waals surface area contributed by atoms with Gasteiger partial charge in [0.15, 0.2) is 0 Å². The lowest BCUT2D eigenvalue weighted by molar-refractivity contribution is 0.176. The number of hydrogen-bond acceptors (Lipinski definition) is 2. The zero-order chi connectivity index (χ0) is 14.2. The van der Waals surface area contributed by atoms with Crippen molar-refractivity contribution in [3.63, 3.8) is 0 Å². The molecule has 0 aliphatic heterocycles. The molecule has 0 spiro atoms. The lowest BCUT2D eigenvalue weighted by atomic mass is 10.0. The van der Waals surface area contributed by atoms with E-state index in [1.807, 2.05) is 33.0 Å². The summed E-state index contributed by atoms with van der Waals surface area (Å²) in [5.41, 5.74) is 3.41. The summed E-state index contributed by atoms with van der Waals surface area (Å²) >= 11 is 12.2. The number of benzene rings is 1. The van der Waals surface area contributed by atoms with Gasteiger partial charge >= 0.3 is 0 Å². The molecule has 1 N–H and O–H groups in total. The standard InChI is InChI=1S/C14H16Cl2N2O/c1-8-4-10(6-11(15)5-8)13(19)7-12-14(16)9(2)17-18(12)3/h4-6,13,19H,7H2,1-3H3. The lowest BCUT2D eigenvalue weighted by Crippen LogP contribution is -2.07. The summed E-state index contributed by atoms with van der Waals surface area (Å²) in [7, 11) is 1.82. The molecule has 1 aromatic heterocycles. The van der Waals surface area contributed by atoms with Gasteiger partial charge in [-0.2, -0.15) is 5.10 Å². The SMILES string of the molecule is Cc1cc(Cl)cc(C(O)Cc2c(Cl)c(C)nn2C)c1. The van der Waals surface area contributed by atoms with Crippen LogP contribution in [0.5, 0.6) is 0 Å². The highest BCUT2D eigenvalue weighted by Gasteiger charge is 2.17. The Kier molecular flexibility index (Phi) is 4.19. The van der Waals surface area contributed by atoms with E-state index < -0.39 is 6.10 Å². The molecule has 2 aromatic rings. The number of aromatic nitrogens is 2. The van der Waals surface area contributed by atoms with Crippen LogP contribution in [0.15, 0.2) is 18.2 Å². The summed E-state index contributed by atoms with van der Waals surface area (Å²) in [6, 6.07) is 5.56. The van der Waals surface area contributed by atoms with Gasteiger partial charge in [-0.25, -0.2) is 0 Å². The maximum absolute atomic E-state index is 10.3. The van der Waals surface area contributed by atoms with E-state index in [1.165, 1.54) is 0 Å². The van der Waals surface area contributed by atoms with Gasteiger partial charge in [0.05, 0.1) is 22.5 Å². The molecule has 5 heteroatoms. The van der Waals surface area contributed by atoms with Gasteiger partial charge in [-0.05, 0) is 37.1 Å². The monoisotopic (exact) mass is 298 g/mol. The first kappa shape index (κ1) is 14.4. The topological polar surface area (TPSA) is 38.1 Å². The minimum absolute atomic E-state index is 0.413. The van der Waals surface area contributed by atoms with E-state index in [2.05, 4.69) is 5.10 Å². The first-order valence-electron chi connectivity index (χ1n) is 6.01. The molecule has 102 valence electrons. The van der Waals surface area contributed by atoms with Crippen LogP contribution in [0, 0.1) is 13.8 Å². The second-order valence-corrected chi connectivity index (χ2v) is 5.57. The Morgan fingerprint density at radius 3 is 2.47 bits per heavy atom. The quantitative estimate of drug-likeness (QED) is 0.940. The minimum Gasteiger partial charge on any atom is -0.388 e. The van der Waals surface area contributed by atoms with Crippen LogP contribution in [-0.4, -0.2) is 14.9 Å². The smallest absolute Gasteiger partial charge is 0.0848 e. The Hall–Kier alpha value is -1.03. The fourth-order valence-corrected chi connectivity index (χ4v) is 2.70. The van der Waals surface area contributed by atoms with Crippen molar-refractivity contribution < 1.29 is 5.11 Å². The zero-order valence-corrected chi connectivity index (χ0v) is 12.6. The van der Waals surface area contributed by atoms with Crippen LogP contribution in [0.4, 0.5) is 0 Å². The molecule has 0 saturated heterocycles. The number of aliphatic hydroxyl groups is 1. The third kappa shape index (κ3) is 3.11. The minimum atomic E-state index is -0.648. The number of hydrogen-bond donors (Lipinski definition) is 1. The van der Waals surface area contributed by atoms with Crippen LogP contribution in [0.3, 0.4) is 0 Å². The fourth-order valence-electron chi connectivity index (χ4n) is 2.16. The third-order valence-electron chi connectivity index (χ3n) is 3.10. The average molecular weight is 299 g/mol. The molecule has 0 radical (unpaired) electrons. The van der Waals surface area contributed by atoms with Gasteiger partial charge in [0.1, 0.15) is 0 Å². The first-order valence-corrected chi connectivity index (χ1v) is 6.77. The van der Waals surface area contributed by atoms with E-state index in [-0.39, 0.29) is 0 Å². The van der Waals surface area contributed by atoms with Crippen LogP contribution < -0.4 is 0 Å². The molecule has 0 aliphatic rings. The second-order valence-electron chi connectivity index (χ2n) is 4.75. The molecule has 1 atom stereocenters. The average Bonchev–Trinajstić information content (AvgIpc) is 2.54. The van der Waals surface area contributed by atoms with Crippen molar-refractivity contribution in [3.05, 3.63) is 50.8 Å². The van der Waals surface area contributed by atoms with Gasteiger partial charge < -0.3 is 5.11 Å². The summed E-state index contributed by atoms with van der Waals surface area (Å²) in [4.78, 5) is 0. The molecule has 1 unspecified atom stereocenters. The maximum atomic E-state index is 10.3. The second kappa shape index (κ2) is 5.53. The number of rotatable bonds is 3. The van der Waals surface area contributed by atoms with Crippen LogP contribution in [0.1, 0.15) is 28.6 Å². The number of nitrogens with zero attached hydrogens (tertiary/aromatic N) is 2. The molecule has 1 heterocycles. The first-order chi connectivity index (χ1) is 8.88.